The summed E-state index contributed by atoms with van der Waals surface area (Å²) in [6.07, 6.45) is -0.265. The summed E-state index contributed by atoms with van der Waals surface area (Å²) in [5, 5.41) is 6.27. The van der Waals surface area contributed by atoms with Crippen LogP contribution in [0.4, 0.5) is 18.0 Å². The molecule has 0 unspecified atom stereocenters. The van der Waals surface area contributed by atoms with Crippen molar-refractivity contribution in [3.05, 3.63) is 29.8 Å². The molecule has 0 bridgehead atoms. The van der Waals surface area contributed by atoms with E-state index in [9.17, 15) is 18.0 Å². The minimum absolute atomic E-state index is 0.131. The zero-order chi connectivity index (χ0) is 20.7. The van der Waals surface area contributed by atoms with Crippen LogP contribution >= 0.6 is 0 Å². The van der Waals surface area contributed by atoms with Crippen molar-refractivity contribution < 1.29 is 22.7 Å². The van der Waals surface area contributed by atoms with Gasteiger partial charge >= 0.3 is 12.4 Å². The summed E-state index contributed by atoms with van der Waals surface area (Å²) in [6, 6.07) is 5.59. The van der Waals surface area contributed by atoms with E-state index in [0.29, 0.717) is 12.1 Å². The molecule has 2 aliphatic heterocycles. The van der Waals surface area contributed by atoms with E-state index in [-0.39, 0.29) is 24.4 Å². The van der Waals surface area contributed by atoms with Crippen molar-refractivity contribution in [1.29, 1.82) is 0 Å². The van der Waals surface area contributed by atoms with Gasteiger partial charge in [-0.2, -0.15) is 0 Å². The second-order valence-electron chi connectivity index (χ2n) is 7.59. The first-order chi connectivity index (χ1) is 13.9. The number of alkyl halides is 3. The van der Waals surface area contributed by atoms with Gasteiger partial charge in [0.2, 0.25) is 0 Å². The molecule has 2 saturated heterocycles. The van der Waals surface area contributed by atoms with Gasteiger partial charge in [-0.05, 0) is 63.0 Å². The van der Waals surface area contributed by atoms with Crippen LogP contribution in [0.5, 0.6) is 5.75 Å². The molecular formula is C20H29F3N4O2. The Balaban J connectivity index is 1.53. The zero-order valence-corrected chi connectivity index (χ0v) is 16.5. The number of carbonyl (C=O) groups excluding carboxylic acids is 1. The molecule has 1 atom stereocenters. The lowest BCUT2D eigenvalue weighted by Gasteiger charge is -2.35. The van der Waals surface area contributed by atoms with Gasteiger partial charge in [0.05, 0.1) is 0 Å². The van der Waals surface area contributed by atoms with Gasteiger partial charge in [-0.15, -0.1) is 13.2 Å². The first kappa shape index (κ1) is 21.7. The number of benzene rings is 1. The molecule has 9 heteroatoms. The smallest absolute Gasteiger partial charge is 0.406 e. The number of piperidine rings is 1. The fourth-order valence-corrected chi connectivity index (χ4v) is 3.89. The SMILES string of the molecule is O=C(NCc1ccc(OC(F)(F)F)cc1)N(CCN1CCCC1)[C@H]1CCCNC1. The third-order valence-corrected chi connectivity index (χ3v) is 5.43. The van der Waals surface area contributed by atoms with E-state index >= 15 is 0 Å². The van der Waals surface area contributed by atoms with E-state index in [0.717, 1.165) is 45.6 Å². The number of carbonyl (C=O) groups is 1. The molecule has 2 N–H and O–H groups in total. The highest BCUT2D eigenvalue weighted by Crippen LogP contribution is 2.22. The van der Waals surface area contributed by atoms with Gasteiger partial charge in [0.15, 0.2) is 0 Å². The quantitative estimate of drug-likeness (QED) is 0.720. The van der Waals surface area contributed by atoms with Crippen LogP contribution in [-0.2, 0) is 6.54 Å². The molecule has 0 aromatic heterocycles. The molecule has 0 saturated carbocycles. The predicted octanol–water partition coefficient (Wildman–Crippen LogP) is 2.94. The Hall–Kier alpha value is -2.00. The molecule has 3 rings (SSSR count). The molecule has 162 valence electrons. The number of halogens is 3. The molecular weight excluding hydrogens is 385 g/mol. The average molecular weight is 414 g/mol. The van der Waals surface area contributed by atoms with Crippen LogP contribution in [0.25, 0.3) is 0 Å². The predicted molar refractivity (Wildman–Crippen MR) is 104 cm³/mol. The number of nitrogens with one attached hydrogen (secondary N) is 2. The number of hydrogen-bond donors (Lipinski definition) is 2. The minimum atomic E-state index is -4.71. The van der Waals surface area contributed by atoms with Gasteiger partial charge in [0.1, 0.15) is 5.75 Å². The van der Waals surface area contributed by atoms with Crippen LogP contribution < -0.4 is 15.4 Å². The van der Waals surface area contributed by atoms with E-state index in [1.54, 1.807) is 0 Å². The van der Waals surface area contributed by atoms with Crippen molar-refractivity contribution >= 4 is 6.03 Å². The van der Waals surface area contributed by atoms with Crippen molar-refractivity contribution in [1.82, 2.24) is 20.4 Å². The number of ether oxygens (including phenoxy) is 1. The van der Waals surface area contributed by atoms with Crippen LogP contribution in [0.2, 0.25) is 0 Å². The van der Waals surface area contributed by atoms with Crippen LogP contribution in [0.3, 0.4) is 0 Å². The van der Waals surface area contributed by atoms with Gasteiger partial charge in [-0.3, -0.25) is 0 Å². The topological polar surface area (TPSA) is 56.8 Å². The number of nitrogens with zero attached hydrogens (tertiary/aromatic N) is 2. The van der Waals surface area contributed by atoms with Crippen LogP contribution in [0.15, 0.2) is 24.3 Å². The van der Waals surface area contributed by atoms with Gasteiger partial charge in [-0.1, -0.05) is 12.1 Å². The maximum absolute atomic E-state index is 12.9. The normalized spacial score (nSPS) is 20.4. The maximum atomic E-state index is 12.9. The minimum Gasteiger partial charge on any atom is -0.406 e. The van der Waals surface area contributed by atoms with Crippen LogP contribution in [0, 0.1) is 0 Å². The van der Waals surface area contributed by atoms with Gasteiger partial charge in [-0.25, -0.2) is 4.79 Å². The zero-order valence-electron chi connectivity index (χ0n) is 16.5. The molecule has 0 aliphatic carbocycles. The average Bonchev–Trinajstić information content (AvgIpc) is 3.21. The molecule has 2 amide bonds. The van der Waals surface area contributed by atoms with Crippen LogP contribution in [0.1, 0.15) is 31.2 Å². The molecule has 2 heterocycles. The van der Waals surface area contributed by atoms with Crippen molar-refractivity contribution in [3.63, 3.8) is 0 Å². The highest BCUT2D eigenvalue weighted by molar-refractivity contribution is 5.74. The number of amides is 2. The monoisotopic (exact) mass is 414 g/mol. The Labute approximate surface area is 169 Å². The molecule has 0 spiro atoms. The molecule has 2 aliphatic rings. The Morgan fingerprint density at radius 3 is 2.55 bits per heavy atom. The summed E-state index contributed by atoms with van der Waals surface area (Å²) < 4.78 is 40.6. The van der Waals surface area contributed by atoms with Gasteiger partial charge in [0, 0.05) is 32.2 Å². The Morgan fingerprint density at radius 1 is 1.21 bits per heavy atom. The second-order valence-corrected chi connectivity index (χ2v) is 7.59. The Bertz CT molecular complexity index is 642. The van der Waals surface area contributed by atoms with E-state index in [1.165, 1.54) is 37.1 Å². The summed E-state index contributed by atoms with van der Waals surface area (Å²) in [5.41, 5.74) is 0.717. The number of urea groups is 1. The highest BCUT2D eigenvalue weighted by atomic mass is 19.4. The highest BCUT2D eigenvalue weighted by Gasteiger charge is 2.31. The fraction of sp³-hybridized carbons (Fsp3) is 0.650. The summed E-state index contributed by atoms with van der Waals surface area (Å²) in [7, 11) is 0. The number of hydrogen-bond acceptors (Lipinski definition) is 4. The van der Waals surface area contributed by atoms with E-state index in [2.05, 4.69) is 20.3 Å². The third-order valence-electron chi connectivity index (χ3n) is 5.43. The standard InChI is InChI=1S/C20H29F3N4O2/c21-20(22,23)29-18-7-5-16(6-8-18)14-25-19(28)27(17-4-3-9-24-15-17)13-12-26-10-1-2-11-26/h5-8,17,24H,1-4,9-15H2,(H,25,28)/t17-/m0/s1. The van der Waals surface area contributed by atoms with E-state index in [1.807, 2.05) is 4.90 Å². The molecule has 6 nitrogen and oxygen atoms in total. The summed E-state index contributed by atoms with van der Waals surface area (Å²) in [6.45, 7) is 5.74. The van der Waals surface area contributed by atoms with Gasteiger partial charge in [0.25, 0.3) is 0 Å². The first-order valence-electron chi connectivity index (χ1n) is 10.2. The lowest BCUT2D eigenvalue weighted by molar-refractivity contribution is -0.274. The van der Waals surface area contributed by atoms with Crippen molar-refractivity contribution in [2.45, 2.75) is 44.6 Å². The number of likely N-dealkylation sites (tertiary alicyclic amines) is 1. The summed E-state index contributed by atoms with van der Waals surface area (Å²) in [4.78, 5) is 17.2. The molecule has 1 aromatic rings. The second kappa shape index (κ2) is 10.2. The molecule has 29 heavy (non-hydrogen) atoms. The lowest BCUT2D eigenvalue weighted by Crippen LogP contribution is -2.53. The largest absolute Gasteiger partial charge is 0.573 e. The van der Waals surface area contributed by atoms with Crippen molar-refractivity contribution in [2.24, 2.45) is 0 Å². The van der Waals surface area contributed by atoms with E-state index < -0.39 is 6.36 Å². The lowest BCUT2D eigenvalue weighted by atomic mass is 10.1. The fourth-order valence-electron chi connectivity index (χ4n) is 3.89. The maximum Gasteiger partial charge on any atom is 0.573 e. The first-order valence-corrected chi connectivity index (χ1v) is 10.2. The molecule has 2 fully saturated rings. The van der Waals surface area contributed by atoms with Crippen molar-refractivity contribution in [2.75, 3.05) is 39.3 Å². The van der Waals surface area contributed by atoms with Gasteiger partial charge < -0.3 is 25.2 Å². The Kier molecular flexibility index (Phi) is 7.60. The van der Waals surface area contributed by atoms with E-state index in [4.69, 9.17) is 0 Å². The third kappa shape index (κ3) is 7.08. The van der Waals surface area contributed by atoms with Crippen molar-refractivity contribution in [3.8, 4) is 5.75 Å². The Morgan fingerprint density at radius 2 is 1.93 bits per heavy atom. The number of rotatable bonds is 7. The summed E-state index contributed by atoms with van der Waals surface area (Å²) in [5.74, 6) is -0.270. The van der Waals surface area contributed by atoms with Crippen LogP contribution in [-0.4, -0.2) is 67.5 Å². The summed E-state index contributed by atoms with van der Waals surface area (Å²) >= 11 is 0. The molecule has 1 aromatic carbocycles. The molecule has 0 radical (unpaired) electrons.